The zero-order valence-electron chi connectivity index (χ0n) is 15.8. The van der Waals surface area contributed by atoms with Crippen molar-refractivity contribution < 1.29 is 9.53 Å². The molecule has 1 aromatic carbocycles. The SMILES string of the molecule is Cc1nn(C)c2ncc(NC(=O)Cc3csc(COc4ccc(Cl)cc4)n3)cc12. The Morgan fingerprint density at radius 2 is 2.10 bits per heavy atom. The number of hydrogen-bond acceptors (Lipinski definition) is 6. The van der Waals surface area contributed by atoms with Crippen molar-refractivity contribution in [1.29, 1.82) is 0 Å². The van der Waals surface area contributed by atoms with Crippen LogP contribution in [0.2, 0.25) is 5.02 Å². The first kappa shape index (κ1) is 19.4. The van der Waals surface area contributed by atoms with Gasteiger partial charge in [-0.25, -0.2) is 9.97 Å². The maximum Gasteiger partial charge on any atom is 0.230 e. The van der Waals surface area contributed by atoms with Crippen molar-refractivity contribution in [2.75, 3.05) is 5.32 Å². The number of ether oxygens (including phenoxy) is 1. The Hall–Kier alpha value is -2.97. The lowest BCUT2D eigenvalue weighted by atomic mass is 10.2. The summed E-state index contributed by atoms with van der Waals surface area (Å²) in [6, 6.07) is 9.04. The van der Waals surface area contributed by atoms with E-state index in [0.29, 0.717) is 23.0 Å². The van der Waals surface area contributed by atoms with E-state index >= 15 is 0 Å². The molecule has 1 amide bonds. The molecule has 3 aromatic heterocycles. The van der Waals surface area contributed by atoms with E-state index in [4.69, 9.17) is 16.3 Å². The molecule has 0 atom stereocenters. The molecule has 0 spiro atoms. The van der Waals surface area contributed by atoms with Gasteiger partial charge in [0, 0.05) is 22.8 Å². The van der Waals surface area contributed by atoms with Crippen LogP contribution in [0, 0.1) is 6.92 Å². The van der Waals surface area contributed by atoms with Gasteiger partial charge in [0.15, 0.2) is 5.65 Å². The number of hydrogen-bond donors (Lipinski definition) is 1. The predicted molar refractivity (Wildman–Crippen MR) is 113 cm³/mol. The highest BCUT2D eigenvalue weighted by atomic mass is 35.5. The van der Waals surface area contributed by atoms with E-state index in [1.807, 2.05) is 25.4 Å². The lowest BCUT2D eigenvalue weighted by Gasteiger charge is -2.04. The normalized spacial score (nSPS) is 11.0. The Bertz CT molecular complexity index is 1170. The van der Waals surface area contributed by atoms with Crippen molar-refractivity contribution in [3.63, 3.8) is 0 Å². The lowest BCUT2D eigenvalue weighted by molar-refractivity contribution is -0.115. The third kappa shape index (κ3) is 4.55. The minimum absolute atomic E-state index is 0.150. The molecule has 29 heavy (non-hydrogen) atoms. The first-order valence-corrected chi connectivity index (χ1v) is 10.1. The molecule has 0 aliphatic carbocycles. The van der Waals surface area contributed by atoms with Crippen LogP contribution in [-0.2, 0) is 24.9 Å². The van der Waals surface area contributed by atoms with Crippen LogP contribution in [0.1, 0.15) is 16.4 Å². The van der Waals surface area contributed by atoms with Gasteiger partial charge in [0.1, 0.15) is 17.4 Å². The molecule has 7 nitrogen and oxygen atoms in total. The molecule has 4 rings (SSSR count). The summed E-state index contributed by atoms with van der Waals surface area (Å²) >= 11 is 7.33. The fourth-order valence-electron chi connectivity index (χ4n) is 2.92. The lowest BCUT2D eigenvalue weighted by Crippen LogP contribution is -2.15. The number of nitrogens with one attached hydrogen (secondary N) is 1. The van der Waals surface area contributed by atoms with Crippen LogP contribution < -0.4 is 10.1 Å². The van der Waals surface area contributed by atoms with Crippen LogP contribution in [0.15, 0.2) is 41.9 Å². The van der Waals surface area contributed by atoms with Crippen LogP contribution >= 0.6 is 22.9 Å². The maximum absolute atomic E-state index is 12.4. The summed E-state index contributed by atoms with van der Waals surface area (Å²) in [6.45, 7) is 2.26. The van der Waals surface area contributed by atoms with Crippen molar-refractivity contribution in [2.24, 2.45) is 7.05 Å². The molecule has 9 heteroatoms. The number of anilines is 1. The number of aromatic nitrogens is 4. The molecule has 0 aliphatic rings. The quantitative estimate of drug-likeness (QED) is 0.500. The summed E-state index contributed by atoms with van der Waals surface area (Å²) in [5.74, 6) is 0.570. The largest absolute Gasteiger partial charge is 0.486 e. The zero-order chi connectivity index (χ0) is 20.4. The minimum Gasteiger partial charge on any atom is -0.486 e. The highest BCUT2D eigenvalue weighted by Crippen LogP contribution is 2.20. The molecule has 0 saturated heterocycles. The number of nitrogens with zero attached hydrogens (tertiary/aromatic N) is 4. The molecule has 0 aliphatic heterocycles. The van der Waals surface area contributed by atoms with Gasteiger partial charge in [0.2, 0.25) is 5.91 Å². The van der Waals surface area contributed by atoms with Crippen LogP contribution in [0.25, 0.3) is 11.0 Å². The van der Waals surface area contributed by atoms with Crippen LogP contribution in [-0.4, -0.2) is 25.7 Å². The van der Waals surface area contributed by atoms with Crippen molar-refractivity contribution in [2.45, 2.75) is 20.0 Å². The fraction of sp³-hybridized carbons (Fsp3) is 0.200. The predicted octanol–water partition coefficient (Wildman–Crippen LogP) is 4.15. The Morgan fingerprint density at radius 1 is 1.31 bits per heavy atom. The van der Waals surface area contributed by atoms with Crippen LogP contribution in [0.3, 0.4) is 0 Å². The van der Waals surface area contributed by atoms with Crippen molar-refractivity contribution in [3.8, 4) is 5.75 Å². The van der Waals surface area contributed by atoms with Crippen LogP contribution in [0.5, 0.6) is 5.75 Å². The Kier molecular flexibility index (Phi) is 5.46. The molecular formula is C20H18ClN5O2S. The van der Waals surface area contributed by atoms with Crippen LogP contribution in [0.4, 0.5) is 5.69 Å². The number of carbonyl (C=O) groups is 1. The van der Waals surface area contributed by atoms with Crippen molar-refractivity contribution in [1.82, 2.24) is 19.7 Å². The number of rotatable bonds is 6. The Morgan fingerprint density at radius 3 is 2.90 bits per heavy atom. The number of halogens is 1. The van der Waals surface area contributed by atoms with Gasteiger partial charge in [-0.3, -0.25) is 9.48 Å². The molecule has 0 unspecified atom stereocenters. The van der Waals surface area contributed by atoms with E-state index < -0.39 is 0 Å². The van der Waals surface area contributed by atoms with Gasteiger partial charge >= 0.3 is 0 Å². The summed E-state index contributed by atoms with van der Waals surface area (Å²) in [7, 11) is 1.84. The summed E-state index contributed by atoms with van der Waals surface area (Å²) in [4.78, 5) is 21.2. The van der Waals surface area contributed by atoms with Gasteiger partial charge in [0.25, 0.3) is 0 Å². The third-order valence-electron chi connectivity index (χ3n) is 4.26. The maximum atomic E-state index is 12.4. The average Bonchev–Trinajstić information content (AvgIpc) is 3.25. The van der Waals surface area contributed by atoms with Gasteiger partial charge in [-0.05, 0) is 37.3 Å². The Balaban J connectivity index is 1.35. The van der Waals surface area contributed by atoms with E-state index in [-0.39, 0.29) is 12.3 Å². The number of amides is 1. The second-order valence-electron chi connectivity index (χ2n) is 6.50. The summed E-state index contributed by atoms with van der Waals surface area (Å²) in [6.07, 6.45) is 1.81. The van der Waals surface area contributed by atoms with E-state index in [1.54, 1.807) is 35.1 Å². The number of carbonyl (C=O) groups excluding carboxylic acids is 1. The van der Waals surface area contributed by atoms with Gasteiger partial charge in [-0.1, -0.05) is 11.6 Å². The highest BCUT2D eigenvalue weighted by molar-refractivity contribution is 7.09. The second-order valence-corrected chi connectivity index (χ2v) is 7.88. The fourth-order valence-corrected chi connectivity index (χ4v) is 3.75. The number of pyridine rings is 1. The number of fused-ring (bicyclic) bond motifs is 1. The molecule has 148 valence electrons. The van der Waals surface area contributed by atoms with Crippen molar-refractivity contribution >= 4 is 45.6 Å². The molecule has 1 N–H and O–H groups in total. The summed E-state index contributed by atoms with van der Waals surface area (Å²) < 4.78 is 7.41. The molecule has 0 radical (unpaired) electrons. The third-order valence-corrected chi connectivity index (χ3v) is 5.39. The average molecular weight is 428 g/mol. The first-order chi connectivity index (χ1) is 14.0. The smallest absolute Gasteiger partial charge is 0.230 e. The topological polar surface area (TPSA) is 81.9 Å². The number of thiazole rings is 1. The highest BCUT2D eigenvalue weighted by Gasteiger charge is 2.11. The number of aryl methyl sites for hydroxylation is 2. The summed E-state index contributed by atoms with van der Waals surface area (Å²) in [5.41, 5.74) is 3.00. The molecular weight excluding hydrogens is 410 g/mol. The monoisotopic (exact) mass is 427 g/mol. The zero-order valence-corrected chi connectivity index (χ0v) is 17.4. The van der Waals surface area contributed by atoms with Gasteiger partial charge in [-0.2, -0.15) is 5.10 Å². The van der Waals surface area contributed by atoms with Crippen molar-refractivity contribution in [3.05, 3.63) is 63.3 Å². The summed E-state index contributed by atoms with van der Waals surface area (Å²) in [5, 5.41) is 11.5. The molecule has 4 aromatic rings. The van der Waals surface area contributed by atoms with Gasteiger partial charge < -0.3 is 10.1 Å². The molecule has 3 heterocycles. The van der Waals surface area contributed by atoms with E-state index in [1.165, 1.54) is 11.3 Å². The minimum atomic E-state index is -0.150. The van der Waals surface area contributed by atoms with E-state index in [9.17, 15) is 4.79 Å². The van der Waals surface area contributed by atoms with E-state index in [2.05, 4.69) is 20.4 Å². The first-order valence-electron chi connectivity index (χ1n) is 8.89. The molecule has 0 fully saturated rings. The second kappa shape index (κ2) is 8.18. The van der Waals surface area contributed by atoms with Gasteiger partial charge in [0.05, 0.1) is 29.7 Å². The van der Waals surface area contributed by atoms with E-state index in [0.717, 1.165) is 27.5 Å². The Labute approximate surface area is 176 Å². The molecule has 0 saturated carbocycles. The van der Waals surface area contributed by atoms with Gasteiger partial charge in [-0.15, -0.1) is 11.3 Å². The molecule has 0 bridgehead atoms. The number of benzene rings is 1. The standard InChI is InChI=1S/C20H18ClN5O2S/c1-12-17-7-14(9-22-20(17)26(2)25-12)23-18(27)8-15-11-29-19(24-15)10-28-16-5-3-13(21)4-6-16/h3-7,9,11H,8,10H2,1-2H3,(H,23,27).